The van der Waals surface area contributed by atoms with Crippen molar-refractivity contribution in [2.24, 2.45) is 0 Å². The number of nitrogens with one attached hydrogen (secondary N) is 1. The summed E-state index contributed by atoms with van der Waals surface area (Å²) in [4.78, 5) is 0. The maximum absolute atomic E-state index is 6.07. The molecule has 1 saturated carbocycles. The molecule has 0 aliphatic heterocycles. The fourth-order valence-corrected chi connectivity index (χ4v) is 3.02. The van der Waals surface area contributed by atoms with E-state index in [0.29, 0.717) is 11.5 Å². The van der Waals surface area contributed by atoms with Crippen LogP contribution in [0.2, 0.25) is 5.02 Å². The second-order valence-electron chi connectivity index (χ2n) is 5.07. The van der Waals surface area contributed by atoms with E-state index in [9.17, 15) is 0 Å². The zero-order valence-electron chi connectivity index (χ0n) is 10.1. The number of halogens is 1. The molecule has 2 atom stereocenters. The van der Waals surface area contributed by atoms with Crippen molar-refractivity contribution in [3.05, 3.63) is 34.9 Å². The average Bonchev–Trinajstić information content (AvgIpc) is 2.62. The van der Waals surface area contributed by atoms with Crippen LogP contribution in [0, 0.1) is 0 Å². The third kappa shape index (κ3) is 2.41. The Labute approximate surface area is 103 Å². The topological polar surface area (TPSA) is 12.0 Å². The highest BCUT2D eigenvalue weighted by Gasteiger charge is 2.35. The summed E-state index contributed by atoms with van der Waals surface area (Å²) in [6.07, 6.45) is 3.75. The highest BCUT2D eigenvalue weighted by atomic mass is 35.5. The lowest BCUT2D eigenvalue weighted by atomic mass is 9.81. The van der Waals surface area contributed by atoms with Gasteiger partial charge in [0.1, 0.15) is 0 Å². The van der Waals surface area contributed by atoms with Gasteiger partial charge in [0.25, 0.3) is 0 Å². The predicted molar refractivity (Wildman–Crippen MR) is 70.1 cm³/mol. The molecule has 0 aromatic heterocycles. The van der Waals surface area contributed by atoms with Gasteiger partial charge in [-0.1, -0.05) is 37.6 Å². The molecular formula is C14H20ClN. The van der Waals surface area contributed by atoms with E-state index < -0.39 is 0 Å². The first kappa shape index (κ1) is 11.9. The van der Waals surface area contributed by atoms with E-state index in [1.54, 1.807) is 0 Å². The molecule has 2 rings (SSSR count). The van der Waals surface area contributed by atoms with Gasteiger partial charge in [0.05, 0.1) is 0 Å². The van der Waals surface area contributed by atoms with Crippen LogP contribution in [0.3, 0.4) is 0 Å². The summed E-state index contributed by atoms with van der Waals surface area (Å²) in [5, 5.41) is 4.40. The van der Waals surface area contributed by atoms with Gasteiger partial charge >= 0.3 is 0 Å². The van der Waals surface area contributed by atoms with Crippen LogP contribution in [0.1, 0.15) is 38.7 Å². The second-order valence-corrected chi connectivity index (χ2v) is 5.50. The smallest absolute Gasteiger partial charge is 0.0408 e. The Balaban J connectivity index is 2.15. The van der Waals surface area contributed by atoms with Gasteiger partial charge < -0.3 is 5.32 Å². The van der Waals surface area contributed by atoms with E-state index in [-0.39, 0.29) is 0 Å². The Morgan fingerprint density at radius 1 is 1.50 bits per heavy atom. The lowest BCUT2D eigenvalue weighted by molar-refractivity contribution is 0.458. The van der Waals surface area contributed by atoms with Crippen molar-refractivity contribution >= 4 is 11.6 Å². The van der Waals surface area contributed by atoms with E-state index in [1.165, 1.54) is 24.8 Å². The van der Waals surface area contributed by atoms with Crippen molar-refractivity contribution in [3.63, 3.8) is 0 Å². The number of rotatable bonds is 3. The summed E-state index contributed by atoms with van der Waals surface area (Å²) < 4.78 is 0. The molecule has 2 unspecified atom stereocenters. The molecule has 0 spiro atoms. The minimum atomic E-state index is 0.303. The molecule has 1 nitrogen and oxygen atoms in total. The first-order chi connectivity index (χ1) is 7.64. The molecule has 88 valence electrons. The van der Waals surface area contributed by atoms with Crippen LogP contribution in [0.15, 0.2) is 24.3 Å². The third-order valence-electron chi connectivity index (χ3n) is 3.76. The monoisotopic (exact) mass is 237 g/mol. The molecule has 0 amide bonds. The van der Waals surface area contributed by atoms with E-state index in [4.69, 9.17) is 11.6 Å². The summed E-state index contributed by atoms with van der Waals surface area (Å²) in [5.41, 5.74) is 1.69. The van der Waals surface area contributed by atoms with Gasteiger partial charge in [0.15, 0.2) is 0 Å². The average molecular weight is 238 g/mol. The molecule has 1 aliphatic rings. The van der Waals surface area contributed by atoms with E-state index in [1.807, 2.05) is 6.07 Å². The first-order valence-corrected chi connectivity index (χ1v) is 6.51. The van der Waals surface area contributed by atoms with Gasteiger partial charge in [0, 0.05) is 11.1 Å². The van der Waals surface area contributed by atoms with Crippen LogP contribution in [-0.4, -0.2) is 12.6 Å². The van der Waals surface area contributed by atoms with Crippen LogP contribution in [0.25, 0.3) is 0 Å². The van der Waals surface area contributed by atoms with Gasteiger partial charge in [-0.3, -0.25) is 0 Å². The summed E-state index contributed by atoms with van der Waals surface area (Å²) in [5.74, 6) is 0. The van der Waals surface area contributed by atoms with Crippen LogP contribution >= 0.6 is 11.6 Å². The van der Waals surface area contributed by atoms with E-state index in [0.717, 1.165) is 11.6 Å². The number of hydrogen-bond acceptors (Lipinski definition) is 1. The van der Waals surface area contributed by atoms with Crippen molar-refractivity contribution in [2.75, 3.05) is 6.54 Å². The fraction of sp³-hybridized carbons (Fsp3) is 0.571. The Kier molecular flexibility index (Phi) is 3.56. The molecule has 16 heavy (non-hydrogen) atoms. The quantitative estimate of drug-likeness (QED) is 0.844. The van der Waals surface area contributed by atoms with Crippen LogP contribution in [0.4, 0.5) is 0 Å². The minimum Gasteiger partial charge on any atom is -0.314 e. The maximum atomic E-state index is 6.07. The summed E-state index contributed by atoms with van der Waals surface area (Å²) in [6, 6.07) is 9.01. The molecule has 0 bridgehead atoms. The Morgan fingerprint density at radius 2 is 2.31 bits per heavy atom. The summed E-state index contributed by atoms with van der Waals surface area (Å²) >= 11 is 6.07. The molecule has 1 aromatic rings. The van der Waals surface area contributed by atoms with Crippen molar-refractivity contribution in [2.45, 2.75) is 44.6 Å². The van der Waals surface area contributed by atoms with Gasteiger partial charge in [-0.25, -0.2) is 0 Å². The molecular weight excluding hydrogens is 218 g/mol. The zero-order valence-corrected chi connectivity index (χ0v) is 10.8. The molecule has 0 saturated heterocycles. The maximum Gasteiger partial charge on any atom is 0.0408 e. The van der Waals surface area contributed by atoms with Gasteiger partial charge in [-0.2, -0.15) is 0 Å². The summed E-state index contributed by atoms with van der Waals surface area (Å²) in [7, 11) is 0. The van der Waals surface area contributed by atoms with E-state index >= 15 is 0 Å². The fourth-order valence-electron chi connectivity index (χ4n) is 2.83. The molecule has 1 N–H and O–H groups in total. The van der Waals surface area contributed by atoms with E-state index in [2.05, 4.69) is 37.4 Å². The highest BCUT2D eigenvalue weighted by molar-refractivity contribution is 6.30. The molecule has 2 heteroatoms. The standard InChI is InChI=1S/C14H20ClN/c1-3-16-13-7-8-14(2,10-13)11-5-4-6-12(15)9-11/h4-6,9,13,16H,3,7-8,10H2,1-2H3. The molecule has 0 heterocycles. The Hall–Kier alpha value is -0.530. The van der Waals surface area contributed by atoms with Gasteiger partial charge in [0.2, 0.25) is 0 Å². The second kappa shape index (κ2) is 4.77. The summed E-state index contributed by atoms with van der Waals surface area (Å²) in [6.45, 7) is 5.60. The minimum absolute atomic E-state index is 0.303. The molecule has 1 fully saturated rings. The largest absolute Gasteiger partial charge is 0.314 e. The Bertz CT molecular complexity index is 364. The molecule has 1 aromatic carbocycles. The number of hydrogen-bond donors (Lipinski definition) is 1. The highest BCUT2D eigenvalue weighted by Crippen LogP contribution is 2.41. The number of benzene rings is 1. The van der Waals surface area contributed by atoms with Crippen LogP contribution in [0.5, 0.6) is 0 Å². The van der Waals surface area contributed by atoms with Crippen molar-refractivity contribution in [3.8, 4) is 0 Å². The first-order valence-electron chi connectivity index (χ1n) is 6.13. The van der Waals surface area contributed by atoms with Gasteiger partial charge in [-0.05, 0) is 48.9 Å². The Morgan fingerprint density at radius 3 is 3.00 bits per heavy atom. The molecule has 0 radical (unpaired) electrons. The molecule has 1 aliphatic carbocycles. The van der Waals surface area contributed by atoms with Crippen LogP contribution in [-0.2, 0) is 5.41 Å². The SMILES string of the molecule is CCNC1CCC(C)(c2cccc(Cl)c2)C1. The zero-order chi connectivity index (χ0) is 11.6. The van der Waals surface area contributed by atoms with Crippen LogP contribution < -0.4 is 5.32 Å². The third-order valence-corrected chi connectivity index (χ3v) is 3.99. The lowest BCUT2D eigenvalue weighted by Crippen LogP contribution is -2.28. The van der Waals surface area contributed by atoms with Crippen molar-refractivity contribution in [1.82, 2.24) is 5.32 Å². The van der Waals surface area contributed by atoms with Crippen molar-refractivity contribution < 1.29 is 0 Å². The lowest BCUT2D eigenvalue weighted by Gasteiger charge is -2.25. The predicted octanol–water partition coefficient (Wildman–Crippen LogP) is 3.76. The normalized spacial score (nSPS) is 29.6. The van der Waals surface area contributed by atoms with Gasteiger partial charge in [-0.15, -0.1) is 0 Å². The van der Waals surface area contributed by atoms with Crippen molar-refractivity contribution in [1.29, 1.82) is 0 Å².